The Morgan fingerprint density at radius 3 is 1.21 bits per heavy atom. The number of rotatable bonds is 20. The van der Waals surface area contributed by atoms with Crippen LogP contribution in [0.2, 0.25) is 0 Å². The maximum Gasteiger partial charge on any atom is 0.155 e. The third-order valence-electron chi connectivity index (χ3n) is 12.4. The van der Waals surface area contributed by atoms with E-state index in [1.807, 2.05) is 56.7 Å². The molecule has 1 radical (unpaired) electrons. The summed E-state index contributed by atoms with van der Waals surface area (Å²) in [5, 5.41) is 2.29. The van der Waals surface area contributed by atoms with Crippen LogP contribution in [0.4, 0.5) is 0 Å². The van der Waals surface area contributed by atoms with E-state index in [1.54, 1.807) is 27.6 Å². The van der Waals surface area contributed by atoms with Gasteiger partial charge in [-0.3, -0.25) is 0 Å². The SMILES string of the molecule is CCCCC(CC)Cc1ccc(-c2nc3cc4sc(-c5ccc(CC(CC)CCCC)s5)nc4cc3s2)s1.CCCCC(CC)Cc1ccc(C)s1.Ic1nc2cc3sc(I)nc3cc2s1.[2H]I.[2H][B][3H]. The molecule has 2 aromatic carbocycles. The molecule has 15 heteroatoms. The molecule has 365 valence electrons. The maximum atomic E-state index is 5.75. The highest BCUT2D eigenvalue weighted by atomic mass is 127. The van der Waals surface area contributed by atoms with Gasteiger partial charge in [-0.25, -0.2) is 19.9 Å². The monoisotopic (exact) mass is 1380 g/mol. The molecule has 0 amide bonds. The van der Waals surface area contributed by atoms with Crippen LogP contribution in [0.5, 0.6) is 0 Å². The Morgan fingerprint density at radius 2 is 0.868 bits per heavy atom. The van der Waals surface area contributed by atoms with Crippen LogP contribution in [0.3, 0.4) is 0 Å². The lowest BCUT2D eigenvalue weighted by atomic mass is 9.95. The second-order valence-electron chi connectivity index (χ2n) is 17.5. The molecule has 68 heavy (non-hydrogen) atoms. The highest BCUT2D eigenvalue weighted by molar-refractivity contribution is 14.1. The first kappa shape index (κ1) is 53.6. The van der Waals surface area contributed by atoms with Crippen molar-refractivity contribution in [1.29, 1.82) is 3.27 Å². The Labute approximate surface area is 483 Å². The van der Waals surface area contributed by atoms with Crippen molar-refractivity contribution >= 4 is 198 Å². The molecule has 0 bridgehead atoms. The van der Waals surface area contributed by atoms with Crippen molar-refractivity contribution < 1.29 is 0 Å². The topological polar surface area (TPSA) is 51.6 Å². The smallest absolute Gasteiger partial charge is 0.155 e. The Balaban J connectivity index is 0.000000230. The van der Waals surface area contributed by atoms with E-state index in [9.17, 15) is 0 Å². The number of hydrogen-bond donors (Lipinski definition) is 0. The van der Waals surface area contributed by atoms with Crippen LogP contribution in [0.25, 0.3) is 60.6 Å². The lowest BCUT2D eigenvalue weighted by Gasteiger charge is -2.12. The molecule has 4 nitrogen and oxygen atoms in total. The summed E-state index contributed by atoms with van der Waals surface area (Å²) in [6, 6.07) is 22.5. The number of aromatic nitrogens is 4. The highest BCUT2D eigenvalue weighted by Gasteiger charge is 2.17. The number of hydrogen-bond acceptors (Lipinski definition) is 11. The zero-order chi connectivity index (χ0) is 51.3. The maximum absolute atomic E-state index is 5.75. The van der Waals surface area contributed by atoms with Crippen LogP contribution in [0.1, 0.15) is 138 Å². The van der Waals surface area contributed by atoms with Gasteiger partial charge >= 0.3 is 0 Å². The molecule has 0 N–H and O–H groups in total. The summed E-state index contributed by atoms with van der Waals surface area (Å²) in [5.74, 6) is 2.52. The molecule has 9 rings (SSSR count). The van der Waals surface area contributed by atoms with Gasteiger partial charge in [-0.2, -0.15) is 0 Å². The third kappa shape index (κ3) is 16.4. The van der Waals surface area contributed by atoms with Crippen LogP contribution in [0, 0.1) is 30.7 Å². The summed E-state index contributed by atoms with van der Waals surface area (Å²) in [6.07, 6.45) is 19.7. The largest absolute Gasteiger partial charge is 0.235 e. The first-order valence-electron chi connectivity index (χ1n) is 25.6. The van der Waals surface area contributed by atoms with Gasteiger partial charge in [0.25, 0.3) is 0 Å². The van der Waals surface area contributed by atoms with E-state index in [-0.39, 0.29) is 0 Å². The molecule has 0 spiro atoms. The Morgan fingerprint density at radius 1 is 0.529 bits per heavy atom. The Hall–Kier alpha value is -0.645. The van der Waals surface area contributed by atoms with Crippen molar-refractivity contribution in [3.05, 3.63) is 86.2 Å². The molecule has 7 aromatic heterocycles. The van der Waals surface area contributed by atoms with Gasteiger partial charge in [0, 0.05) is 19.5 Å². The van der Waals surface area contributed by atoms with Gasteiger partial charge < -0.3 is 0 Å². The first-order chi connectivity index (χ1) is 34.5. The van der Waals surface area contributed by atoms with Crippen molar-refractivity contribution in [2.24, 2.45) is 17.8 Å². The minimum Gasteiger partial charge on any atom is -0.235 e. The van der Waals surface area contributed by atoms with Gasteiger partial charge in [0.05, 0.1) is 59.0 Å². The third-order valence-corrected chi connectivity index (χ3v) is 21.4. The van der Waals surface area contributed by atoms with E-state index in [0.717, 1.165) is 55.9 Å². The Kier molecular flexibility index (Phi) is 23.1. The molecule has 9 aromatic rings. The number of benzene rings is 2. The van der Waals surface area contributed by atoms with Crippen LogP contribution in [-0.2, 0) is 19.3 Å². The lowest BCUT2D eigenvalue weighted by Crippen LogP contribution is -2.01. The molecular weight excluding hydrogens is 1310 g/mol. The summed E-state index contributed by atoms with van der Waals surface area (Å²) < 4.78 is 24.3. The molecule has 7 heterocycles. The molecular formula is C53H67BI3N4S7. The van der Waals surface area contributed by atoms with Crippen LogP contribution in [-0.4, -0.2) is 31.5 Å². The zero-order valence-electron chi connectivity index (χ0n) is 43.5. The second-order valence-corrected chi connectivity index (χ2v) is 28.8. The van der Waals surface area contributed by atoms with Crippen molar-refractivity contribution in [3.63, 3.8) is 0 Å². The van der Waals surface area contributed by atoms with Gasteiger partial charge in [0.15, 0.2) is 6.03 Å². The summed E-state index contributed by atoms with van der Waals surface area (Å²) >= 11 is 18.8. The predicted molar refractivity (Wildman–Crippen MR) is 342 cm³/mol. The quantitative estimate of drug-likeness (QED) is 0.0564. The lowest BCUT2D eigenvalue weighted by molar-refractivity contribution is 0.452. The number of aryl methyl sites for hydroxylation is 1. The number of fused-ring (bicyclic) bond motifs is 4. The van der Waals surface area contributed by atoms with E-state index in [2.05, 4.69) is 164 Å². The molecule has 0 aliphatic heterocycles. The fourth-order valence-electron chi connectivity index (χ4n) is 8.34. The number of thiazole rings is 4. The average molecular weight is 1380 g/mol. The van der Waals surface area contributed by atoms with E-state index >= 15 is 0 Å². The van der Waals surface area contributed by atoms with E-state index in [1.165, 1.54) is 163 Å². The van der Waals surface area contributed by atoms with Crippen LogP contribution < -0.4 is 0 Å². The molecule has 0 fully saturated rings. The molecule has 0 saturated carbocycles. The van der Waals surface area contributed by atoms with E-state index in [0.29, 0.717) is 8.34 Å². The summed E-state index contributed by atoms with van der Waals surface area (Å²) in [6.45, 7) is 16.0. The molecule has 3 unspecified atom stereocenters. The molecule has 0 aliphatic rings. The van der Waals surface area contributed by atoms with Gasteiger partial charge in [-0.05, 0) is 152 Å². The number of thiophene rings is 3. The molecule has 0 aliphatic carbocycles. The van der Waals surface area contributed by atoms with Crippen molar-refractivity contribution in [2.75, 3.05) is 0 Å². The number of halogens is 3. The molecule has 0 saturated heterocycles. The minimum absolute atomic E-state index is 0.500. The summed E-state index contributed by atoms with van der Waals surface area (Å²) in [5.41, 5.74) is 4.38. The fraction of sp³-hybridized carbons (Fsp3) is 0.472. The van der Waals surface area contributed by atoms with Gasteiger partial charge in [0.1, 0.15) is 10.6 Å². The van der Waals surface area contributed by atoms with E-state index < -0.39 is 0 Å². The summed E-state index contributed by atoms with van der Waals surface area (Å²) in [4.78, 5) is 27.7. The van der Waals surface area contributed by atoms with Crippen LogP contribution >= 0.6 is 148 Å². The average Bonchev–Trinajstić information content (AvgIpc) is 4.25. The van der Waals surface area contributed by atoms with E-state index in [4.69, 9.17) is 13.2 Å². The zero-order valence-corrected chi connectivity index (χ0v) is 52.7. The number of unbranched alkanes of at least 4 members (excludes halogenated alkanes) is 3. The predicted octanol–water partition coefficient (Wildman–Crippen LogP) is 20.5. The first-order valence-corrected chi connectivity index (χ1v) is 31.9. The van der Waals surface area contributed by atoms with Crippen molar-refractivity contribution in [3.8, 4) is 19.8 Å². The van der Waals surface area contributed by atoms with Crippen LogP contribution in [0.15, 0.2) is 60.7 Å². The fourth-order valence-corrected chi connectivity index (χ4v) is 17.0. The molecule has 3 atom stereocenters. The normalized spacial score (nSPS) is 13.0. The van der Waals surface area contributed by atoms with Crippen molar-refractivity contribution in [2.45, 2.75) is 145 Å². The van der Waals surface area contributed by atoms with Gasteiger partial charge in [0.2, 0.25) is 0 Å². The number of nitrogens with zero attached hydrogens (tertiary/aromatic N) is 4. The second kappa shape index (κ2) is 29.3. The standard InChI is InChI=1S/C32H40N2S4.C13H22S.C8H2I2N2S2.BH2.HI/c1-5-9-11-21(7-3)17-23-13-15-27(35-23)31-33-25-19-30-26(20-29(25)37-31)34-32(38-30)28-16-14-24(36-28)18-22(8-4)12-10-6-2;1-4-6-7-12(5-2)10-13-9-8-11(3)14-13;9-7-11-3-1-5-4(2-6(3)14-7)12-8(10)13-5;;/h13-16,19-22H,5-12,17-18H2,1-4H3;8-9,12H,4-7,10H2,1-3H3;1-2H;1H2;1H/i;;;1TD;/hD. The summed E-state index contributed by atoms with van der Waals surface area (Å²) in [7, 11) is 0.500. The van der Waals surface area contributed by atoms with Gasteiger partial charge in [-0.1, -0.05) is 119 Å². The van der Waals surface area contributed by atoms with Crippen molar-refractivity contribution in [1.82, 2.24) is 19.9 Å². The highest BCUT2D eigenvalue weighted by Crippen LogP contribution is 2.41. The minimum atomic E-state index is 0.500. The van der Waals surface area contributed by atoms with Gasteiger partial charge in [-0.15, -0.1) is 103 Å². The Bertz CT molecular complexity index is 2660.